The fraction of sp³-hybridized carbons (Fsp3) is 0.306. The van der Waals surface area contributed by atoms with Crippen LogP contribution in [0.25, 0.3) is 10.6 Å². The van der Waals surface area contributed by atoms with E-state index in [2.05, 4.69) is 17.1 Å². The molecule has 6 rings (SSSR count). The smallest absolute Gasteiger partial charge is 0.145 e. The summed E-state index contributed by atoms with van der Waals surface area (Å²) in [6.45, 7) is 5.44. The number of phenolic OH excluding ortho intramolecular Hbond substituents is 1. The fourth-order valence-electron chi connectivity index (χ4n) is 5.19. The summed E-state index contributed by atoms with van der Waals surface area (Å²) in [5, 5.41) is 12.4. The molecule has 0 saturated carbocycles. The van der Waals surface area contributed by atoms with Gasteiger partial charge >= 0.3 is 0 Å². The first-order valence-corrected chi connectivity index (χ1v) is 16.2. The molecule has 3 atom stereocenters. The second-order valence-corrected chi connectivity index (χ2v) is 11.9. The van der Waals surface area contributed by atoms with E-state index in [9.17, 15) is 5.11 Å². The van der Waals surface area contributed by atoms with Crippen LogP contribution < -0.4 is 0 Å². The van der Waals surface area contributed by atoms with Gasteiger partial charge in [0.25, 0.3) is 0 Å². The lowest BCUT2D eigenvalue weighted by atomic mass is 9.93. The highest BCUT2D eigenvalue weighted by Crippen LogP contribution is 2.40. The number of phenols is 1. The number of ether oxygens (including phenoxy) is 3. The molecule has 3 heterocycles. The summed E-state index contributed by atoms with van der Waals surface area (Å²) in [4.78, 5) is 5.53. The van der Waals surface area contributed by atoms with Crippen molar-refractivity contribution in [3.8, 4) is 16.4 Å². The fourth-order valence-corrected chi connectivity index (χ4v) is 6.33. The first-order chi connectivity index (χ1) is 21.6. The summed E-state index contributed by atoms with van der Waals surface area (Å²) in [6, 6.07) is 27.6. The molecule has 0 spiro atoms. The molecule has 1 aliphatic heterocycles. The van der Waals surface area contributed by atoms with Gasteiger partial charge < -0.3 is 23.7 Å². The predicted molar refractivity (Wildman–Crippen MR) is 175 cm³/mol. The molecule has 1 fully saturated rings. The van der Waals surface area contributed by atoms with Crippen LogP contribution in [0.15, 0.2) is 102 Å². The van der Waals surface area contributed by atoms with E-state index >= 15 is 0 Å². The monoisotopic (exact) mass is 631 g/mol. The minimum atomic E-state index is -0.379. The topological polar surface area (TPSA) is 74.0 Å². The van der Waals surface area contributed by atoms with Crippen molar-refractivity contribution in [2.75, 3.05) is 6.61 Å². The number of furan rings is 1. The summed E-state index contributed by atoms with van der Waals surface area (Å²) in [7, 11) is 0. The first kappa shape index (κ1) is 31.9. The lowest BCUT2D eigenvalue weighted by molar-refractivity contribution is -0.142. The third-order valence-electron chi connectivity index (χ3n) is 7.31. The Balaban J connectivity index is 0.00000188. The summed E-state index contributed by atoms with van der Waals surface area (Å²) in [5.41, 5.74) is 3.79. The maximum absolute atomic E-state index is 11.0. The maximum Gasteiger partial charge on any atom is 0.145 e. The van der Waals surface area contributed by atoms with E-state index in [-0.39, 0.29) is 24.1 Å². The van der Waals surface area contributed by atoms with Crippen molar-refractivity contribution in [1.82, 2.24) is 4.98 Å². The minimum absolute atomic E-state index is 0.0670. The van der Waals surface area contributed by atoms with E-state index in [1.54, 1.807) is 23.7 Å². The molecule has 0 radical (unpaired) electrons. The quantitative estimate of drug-likeness (QED) is 0.157. The van der Waals surface area contributed by atoms with Crippen LogP contribution in [0.4, 0.5) is 0 Å². The van der Waals surface area contributed by atoms with Gasteiger partial charge in [0.1, 0.15) is 11.5 Å². The molecule has 44 heavy (non-hydrogen) atoms. The van der Waals surface area contributed by atoms with Crippen LogP contribution in [-0.4, -0.2) is 28.9 Å². The molecule has 1 N–H and O–H groups in total. The van der Waals surface area contributed by atoms with Gasteiger partial charge in [0.15, 0.2) is 0 Å². The van der Waals surface area contributed by atoms with Gasteiger partial charge in [0.2, 0.25) is 0 Å². The Morgan fingerprint density at radius 1 is 0.932 bits per heavy atom. The van der Waals surface area contributed by atoms with Gasteiger partial charge in [-0.1, -0.05) is 86.1 Å². The molecular formula is C36H38ClNO5S. The molecule has 0 bridgehead atoms. The number of rotatable bonds is 11. The van der Waals surface area contributed by atoms with Gasteiger partial charge in [-0.15, -0.1) is 11.3 Å². The van der Waals surface area contributed by atoms with E-state index in [4.69, 9.17) is 30.2 Å². The lowest BCUT2D eigenvalue weighted by Gasteiger charge is -2.36. The van der Waals surface area contributed by atoms with Crippen molar-refractivity contribution < 1.29 is 23.7 Å². The Kier molecular flexibility index (Phi) is 11.6. The van der Waals surface area contributed by atoms with Crippen LogP contribution >= 0.6 is 22.9 Å². The van der Waals surface area contributed by atoms with Gasteiger partial charge in [-0.3, -0.25) is 0 Å². The van der Waals surface area contributed by atoms with Crippen molar-refractivity contribution >= 4 is 22.9 Å². The highest BCUT2D eigenvalue weighted by atomic mass is 35.5. The van der Waals surface area contributed by atoms with E-state index < -0.39 is 0 Å². The van der Waals surface area contributed by atoms with E-state index in [1.165, 1.54) is 0 Å². The molecule has 5 aromatic rings. The lowest BCUT2D eigenvalue weighted by Crippen LogP contribution is -2.35. The van der Waals surface area contributed by atoms with Gasteiger partial charge in [0.05, 0.1) is 54.3 Å². The summed E-state index contributed by atoms with van der Waals surface area (Å²) in [5.74, 6) is 0.894. The van der Waals surface area contributed by atoms with Crippen LogP contribution in [-0.2, 0) is 33.8 Å². The van der Waals surface area contributed by atoms with E-state index in [0.717, 1.165) is 32.3 Å². The van der Waals surface area contributed by atoms with Crippen molar-refractivity contribution in [2.45, 2.75) is 64.6 Å². The molecule has 230 valence electrons. The molecule has 8 heteroatoms. The van der Waals surface area contributed by atoms with E-state index in [0.29, 0.717) is 49.7 Å². The number of benzene rings is 3. The summed E-state index contributed by atoms with van der Waals surface area (Å²) >= 11 is 8.17. The summed E-state index contributed by atoms with van der Waals surface area (Å²) in [6.07, 6.45) is 4.66. The average molecular weight is 632 g/mol. The predicted octanol–water partition coefficient (Wildman–Crippen LogP) is 9.40. The van der Waals surface area contributed by atoms with Crippen molar-refractivity contribution in [3.05, 3.63) is 130 Å². The Morgan fingerprint density at radius 2 is 1.66 bits per heavy atom. The number of hydrogen-bond donors (Lipinski definition) is 1. The molecule has 3 aromatic carbocycles. The Labute approximate surface area is 268 Å². The van der Waals surface area contributed by atoms with Crippen LogP contribution in [0, 0.1) is 0 Å². The molecule has 0 amide bonds. The number of thiazole rings is 1. The van der Waals surface area contributed by atoms with E-state index in [1.807, 2.05) is 86.8 Å². The number of nitrogens with zero attached hydrogens (tertiary/aromatic N) is 1. The molecule has 6 nitrogen and oxygen atoms in total. The number of hydrogen-bond acceptors (Lipinski definition) is 7. The van der Waals surface area contributed by atoms with Gasteiger partial charge in [0, 0.05) is 36.0 Å². The average Bonchev–Trinajstić information content (AvgIpc) is 3.76. The van der Waals surface area contributed by atoms with Crippen LogP contribution in [0.5, 0.6) is 5.75 Å². The third kappa shape index (κ3) is 8.58. The standard InChI is InChI=1S/C34H32ClNO5S.C2H6/c35-29-18-30(37)28(14-25(29)15-34-36-19-33(42-34)31-12-7-13-39-31)32-17-26(40-21-24-10-5-2-6-11-24)16-27(41-32)22-38-20-23-8-3-1-4-9-23;1-2/h1-14,18-19,26-27,32,37H,15-17,20-22H2;1-2H3. The summed E-state index contributed by atoms with van der Waals surface area (Å²) < 4.78 is 24.5. The first-order valence-electron chi connectivity index (χ1n) is 15.0. The van der Waals surface area contributed by atoms with Crippen LogP contribution in [0.1, 0.15) is 60.1 Å². The van der Waals surface area contributed by atoms with Gasteiger partial charge in [-0.25, -0.2) is 4.98 Å². The molecule has 1 aliphatic rings. The van der Waals surface area contributed by atoms with Crippen molar-refractivity contribution in [2.24, 2.45) is 0 Å². The highest BCUT2D eigenvalue weighted by molar-refractivity contribution is 7.15. The van der Waals surface area contributed by atoms with Gasteiger partial charge in [-0.05, 0) is 41.0 Å². The zero-order valence-corrected chi connectivity index (χ0v) is 26.6. The molecule has 1 saturated heterocycles. The second-order valence-electron chi connectivity index (χ2n) is 10.4. The molecule has 0 aliphatic carbocycles. The molecule has 2 aromatic heterocycles. The highest BCUT2D eigenvalue weighted by Gasteiger charge is 2.33. The molecule has 3 unspecified atom stereocenters. The Morgan fingerprint density at radius 3 is 2.36 bits per heavy atom. The zero-order valence-electron chi connectivity index (χ0n) is 25.0. The maximum atomic E-state index is 11.0. The Hall–Kier alpha value is -3.46. The zero-order chi connectivity index (χ0) is 30.7. The minimum Gasteiger partial charge on any atom is -0.508 e. The molecular weight excluding hydrogens is 594 g/mol. The van der Waals surface area contributed by atoms with Gasteiger partial charge in [-0.2, -0.15) is 0 Å². The SMILES string of the molecule is CC.Oc1cc(Cl)c(Cc2ncc(-c3ccco3)s2)cc1C1CC(OCc2ccccc2)CC(COCc2ccccc2)O1. The number of halogens is 1. The third-order valence-corrected chi connectivity index (χ3v) is 8.67. The second kappa shape index (κ2) is 16.0. The van der Waals surface area contributed by atoms with Crippen LogP contribution in [0.2, 0.25) is 5.02 Å². The van der Waals surface area contributed by atoms with Crippen LogP contribution in [0.3, 0.4) is 0 Å². The van der Waals surface area contributed by atoms with Crippen molar-refractivity contribution in [1.29, 1.82) is 0 Å². The number of aromatic hydroxyl groups is 1. The largest absolute Gasteiger partial charge is 0.508 e. The van der Waals surface area contributed by atoms with Crippen molar-refractivity contribution in [3.63, 3.8) is 0 Å². The Bertz CT molecular complexity index is 1560. The normalized spacial score (nSPS) is 18.0. The number of aromatic nitrogens is 1.